The predicted molar refractivity (Wildman–Crippen MR) is 132 cm³/mol. The molecule has 1 aromatic heterocycles. The Bertz CT molecular complexity index is 970. The van der Waals surface area contributed by atoms with Crippen LogP contribution in [0.15, 0.2) is 24.4 Å². The minimum atomic E-state index is 0.400. The van der Waals surface area contributed by atoms with Gasteiger partial charge in [0.2, 0.25) is 5.91 Å². The van der Waals surface area contributed by atoms with E-state index in [0.29, 0.717) is 42.3 Å². The Labute approximate surface area is 193 Å². The molecule has 2 fully saturated rings. The van der Waals surface area contributed by atoms with Crippen molar-refractivity contribution in [1.29, 1.82) is 0 Å². The molecule has 174 valence electrons. The van der Waals surface area contributed by atoms with E-state index in [1.165, 1.54) is 54.1 Å². The first kappa shape index (κ1) is 22.0. The van der Waals surface area contributed by atoms with Gasteiger partial charge in [-0.05, 0) is 76.6 Å². The Balaban J connectivity index is 1.38. The summed E-state index contributed by atoms with van der Waals surface area (Å²) in [6, 6.07) is 8.43. The molecule has 2 heterocycles. The van der Waals surface area contributed by atoms with Crippen molar-refractivity contribution in [2.45, 2.75) is 96.2 Å². The number of amides is 1. The van der Waals surface area contributed by atoms with Crippen LogP contribution < -0.4 is 0 Å². The molecule has 3 aliphatic rings. The summed E-state index contributed by atoms with van der Waals surface area (Å²) in [5.74, 6) is 1.39. The van der Waals surface area contributed by atoms with Crippen LogP contribution in [0.4, 0.5) is 0 Å². The molecular weight excluding hydrogens is 394 g/mol. The van der Waals surface area contributed by atoms with Gasteiger partial charge in [0, 0.05) is 60.7 Å². The second kappa shape index (κ2) is 8.85. The standard InChI is InChI=1S/C28H41N3O/c1-5-30(22-10-7-6-8-11-22)27(32)15-20-14-24-23-12-9-13-25-28(23)21(18-31(25)19(2)3)16-26(24)29(4)17-20/h9,12-13,18-20,22,24,26H,5-8,10-11,14-17H2,1-4H3/t20-,24+,26+/m0/s1. The summed E-state index contributed by atoms with van der Waals surface area (Å²) in [7, 11) is 2.29. The number of fused-ring (bicyclic) bond motifs is 2. The average Bonchev–Trinajstić information content (AvgIpc) is 3.16. The molecular formula is C28H41N3O. The first-order valence-corrected chi connectivity index (χ1v) is 13.1. The molecule has 4 heteroatoms. The molecule has 0 radical (unpaired) electrons. The normalized spacial score (nSPS) is 26.5. The van der Waals surface area contributed by atoms with E-state index in [9.17, 15) is 4.79 Å². The fraction of sp³-hybridized carbons (Fsp3) is 0.679. The van der Waals surface area contributed by atoms with E-state index in [-0.39, 0.29) is 0 Å². The maximum atomic E-state index is 13.4. The highest BCUT2D eigenvalue weighted by Crippen LogP contribution is 2.46. The van der Waals surface area contributed by atoms with E-state index in [1.807, 2.05) is 0 Å². The summed E-state index contributed by atoms with van der Waals surface area (Å²) in [6.07, 6.45) is 11.7. The first-order chi connectivity index (χ1) is 15.5. The fourth-order valence-electron chi connectivity index (χ4n) is 7.16. The Hall–Kier alpha value is -1.81. The SMILES string of the molecule is CCN(C(=O)C[C@@H]1C[C@@H]2c3cccc4c3c(cn4C(C)C)C[C@H]2N(C)C1)C1CCCCC1. The quantitative estimate of drug-likeness (QED) is 0.598. The lowest BCUT2D eigenvalue weighted by Gasteiger charge is -2.46. The number of carbonyl (C=O) groups excluding carboxylic acids is 1. The van der Waals surface area contributed by atoms with Gasteiger partial charge in [-0.15, -0.1) is 0 Å². The number of carbonyl (C=O) groups is 1. The van der Waals surface area contributed by atoms with Gasteiger partial charge in [-0.1, -0.05) is 31.4 Å². The highest BCUT2D eigenvalue weighted by molar-refractivity contribution is 5.89. The number of rotatable bonds is 5. The van der Waals surface area contributed by atoms with Crippen molar-refractivity contribution in [2.75, 3.05) is 20.1 Å². The molecule has 5 rings (SSSR count). The van der Waals surface area contributed by atoms with Crippen molar-refractivity contribution in [2.24, 2.45) is 5.92 Å². The topological polar surface area (TPSA) is 28.5 Å². The maximum absolute atomic E-state index is 13.4. The summed E-state index contributed by atoms with van der Waals surface area (Å²) in [4.78, 5) is 18.2. The summed E-state index contributed by atoms with van der Waals surface area (Å²) in [6.45, 7) is 8.63. The zero-order valence-corrected chi connectivity index (χ0v) is 20.5. The zero-order chi connectivity index (χ0) is 22.4. The Morgan fingerprint density at radius 1 is 1.19 bits per heavy atom. The minimum absolute atomic E-state index is 0.400. The third-order valence-electron chi connectivity index (χ3n) is 8.66. The van der Waals surface area contributed by atoms with E-state index in [2.05, 4.69) is 66.6 Å². The maximum Gasteiger partial charge on any atom is 0.223 e. The van der Waals surface area contributed by atoms with Gasteiger partial charge < -0.3 is 14.4 Å². The Morgan fingerprint density at radius 2 is 1.97 bits per heavy atom. The summed E-state index contributed by atoms with van der Waals surface area (Å²) in [5, 5.41) is 1.50. The molecule has 0 spiro atoms. The summed E-state index contributed by atoms with van der Waals surface area (Å²) >= 11 is 0. The van der Waals surface area contributed by atoms with Crippen LogP contribution in [-0.2, 0) is 11.2 Å². The van der Waals surface area contributed by atoms with E-state index in [4.69, 9.17) is 0 Å². The largest absolute Gasteiger partial charge is 0.345 e. The second-order valence-corrected chi connectivity index (χ2v) is 11.0. The van der Waals surface area contributed by atoms with Crippen molar-refractivity contribution in [3.63, 3.8) is 0 Å². The monoisotopic (exact) mass is 435 g/mol. The molecule has 1 aliphatic heterocycles. The molecule has 2 aliphatic carbocycles. The van der Waals surface area contributed by atoms with Crippen molar-refractivity contribution in [3.8, 4) is 0 Å². The second-order valence-electron chi connectivity index (χ2n) is 11.0. The molecule has 0 N–H and O–H groups in total. The van der Waals surface area contributed by atoms with E-state index < -0.39 is 0 Å². The number of benzene rings is 1. The molecule has 0 unspecified atom stereocenters. The van der Waals surface area contributed by atoms with Gasteiger partial charge in [-0.2, -0.15) is 0 Å². The van der Waals surface area contributed by atoms with Crippen LogP contribution in [0.1, 0.15) is 88.8 Å². The number of hydrogen-bond acceptors (Lipinski definition) is 2. The van der Waals surface area contributed by atoms with E-state index in [1.54, 1.807) is 0 Å². The van der Waals surface area contributed by atoms with E-state index in [0.717, 1.165) is 25.9 Å². The first-order valence-electron chi connectivity index (χ1n) is 13.1. The molecule has 2 aromatic rings. The number of piperidine rings is 1. The molecule has 0 bridgehead atoms. The van der Waals surface area contributed by atoms with Gasteiger partial charge >= 0.3 is 0 Å². The van der Waals surface area contributed by atoms with Crippen LogP contribution in [-0.4, -0.2) is 52.5 Å². The van der Waals surface area contributed by atoms with Crippen LogP contribution in [0.25, 0.3) is 10.9 Å². The fourth-order valence-corrected chi connectivity index (χ4v) is 7.16. The van der Waals surface area contributed by atoms with Crippen LogP contribution in [0.3, 0.4) is 0 Å². The van der Waals surface area contributed by atoms with Crippen molar-refractivity contribution >= 4 is 16.8 Å². The molecule has 1 saturated carbocycles. The highest BCUT2D eigenvalue weighted by atomic mass is 16.2. The molecule has 1 aromatic carbocycles. The van der Waals surface area contributed by atoms with E-state index >= 15 is 0 Å². The van der Waals surface area contributed by atoms with Gasteiger partial charge in [0.05, 0.1) is 0 Å². The van der Waals surface area contributed by atoms with Gasteiger partial charge in [0.15, 0.2) is 0 Å². The predicted octanol–water partition coefficient (Wildman–Crippen LogP) is 5.75. The lowest BCUT2D eigenvalue weighted by atomic mass is 9.72. The number of aromatic nitrogens is 1. The van der Waals surface area contributed by atoms with Gasteiger partial charge in [0.1, 0.15) is 0 Å². The third-order valence-corrected chi connectivity index (χ3v) is 8.66. The number of nitrogens with zero attached hydrogens (tertiary/aromatic N) is 3. The Kier molecular flexibility index (Phi) is 6.09. The zero-order valence-electron chi connectivity index (χ0n) is 20.5. The molecule has 3 atom stereocenters. The van der Waals surface area contributed by atoms with Crippen LogP contribution in [0, 0.1) is 5.92 Å². The number of likely N-dealkylation sites (N-methyl/N-ethyl adjacent to an activating group) is 1. The number of likely N-dealkylation sites (tertiary alicyclic amines) is 1. The summed E-state index contributed by atoms with van der Waals surface area (Å²) in [5.41, 5.74) is 4.43. The minimum Gasteiger partial charge on any atom is -0.345 e. The molecule has 4 nitrogen and oxygen atoms in total. The average molecular weight is 436 g/mol. The lowest BCUT2D eigenvalue weighted by Crippen LogP contribution is -2.49. The Morgan fingerprint density at radius 3 is 2.69 bits per heavy atom. The molecule has 1 amide bonds. The van der Waals surface area contributed by atoms with Crippen molar-refractivity contribution in [3.05, 3.63) is 35.5 Å². The number of hydrogen-bond donors (Lipinski definition) is 0. The molecule has 1 saturated heterocycles. The van der Waals surface area contributed by atoms with Gasteiger partial charge in [-0.25, -0.2) is 0 Å². The van der Waals surface area contributed by atoms with Crippen LogP contribution in [0.2, 0.25) is 0 Å². The lowest BCUT2D eigenvalue weighted by molar-refractivity contribution is -0.135. The summed E-state index contributed by atoms with van der Waals surface area (Å²) < 4.78 is 2.45. The smallest absolute Gasteiger partial charge is 0.223 e. The van der Waals surface area contributed by atoms with Gasteiger partial charge in [-0.3, -0.25) is 4.79 Å². The van der Waals surface area contributed by atoms with Gasteiger partial charge in [0.25, 0.3) is 0 Å². The molecule has 32 heavy (non-hydrogen) atoms. The third kappa shape index (κ3) is 3.79. The van der Waals surface area contributed by atoms with Crippen molar-refractivity contribution in [1.82, 2.24) is 14.4 Å². The van der Waals surface area contributed by atoms with Crippen molar-refractivity contribution < 1.29 is 4.79 Å². The highest BCUT2D eigenvalue weighted by Gasteiger charge is 2.40. The van der Waals surface area contributed by atoms with Crippen LogP contribution >= 0.6 is 0 Å². The van der Waals surface area contributed by atoms with Crippen LogP contribution in [0.5, 0.6) is 0 Å².